The van der Waals surface area contributed by atoms with Crippen LogP contribution >= 0.6 is 11.6 Å². The number of rotatable bonds is 6. The van der Waals surface area contributed by atoms with E-state index in [1.807, 2.05) is 0 Å². The predicted octanol–water partition coefficient (Wildman–Crippen LogP) is 3.49. The third-order valence-electron chi connectivity index (χ3n) is 7.80. The summed E-state index contributed by atoms with van der Waals surface area (Å²) in [5.74, 6) is 0.269. The van der Waals surface area contributed by atoms with Crippen molar-refractivity contribution in [1.29, 1.82) is 5.26 Å². The first-order valence-electron chi connectivity index (χ1n) is 12.0. The number of nitrogens with two attached hydrogens (primary N) is 1. The van der Waals surface area contributed by atoms with E-state index in [0.717, 1.165) is 32.4 Å². The molecule has 1 saturated carbocycles. The monoisotopic (exact) mass is 499 g/mol. The van der Waals surface area contributed by atoms with Crippen molar-refractivity contribution in [3.8, 4) is 11.8 Å². The SMILES string of the molecule is CC1(C)CC(C)(C)C1(Oc1ccc(C#N)c(Cl)c1)N1C=C(C(N)=O)C=NC1N1CCC(CO)CC1. The second-order valence-corrected chi connectivity index (χ2v) is 11.5. The molecule has 2 aliphatic heterocycles. The number of hydrogen-bond donors (Lipinski definition) is 2. The highest BCUT2D eigenvalue weighted by molar-refractivity contribution is 6.31. The number of carbonyl (C=O) groups is 1. The van der Waals surface area contributed by atoms with Crippen LogP contribution in [0.15, 0.2) is 35.0 Å². The van der Waals surface area contributed by atoms with Gasteiger partial charge in [0.2, 0.25) is 0 Å². The molecule has 9 heteroatoms. The lowest BCUT2D eigenvalue weighted by molar-refractivity contribution is -0.314. The number of amides is 1. The van der Waals surface area contributed by atoms with E-state index in [4.69, 9.17) is 27.1 Å². The first kappa shape index (κ1) is 25.5. The van der Waals surface area contributed by atoms with E-state index in [2.05, 4.69) is 43.6 Å². The largest absolute Gasteiger partial charge is 0.467 e. The molecule has 0 radical (unpaired) electrons. The lowest BCUT2D eigenvalue weighted by Crippen LogP contribution is -2.79. The molecule has 3 N–H and O–H groups in total. The molecule has 0 spiro atoms. The summed E-state index contributed by atoms with van der Waals surface area (Å²) in [7, 11) is 0. The number of nitriles is 1. The van der Waals surface area contributed by atoms with Gasteiger partial charge in [-0.15, -0.1) is 0 Å². The van der Waals surface area contributed by atoms with Crippen LogP contribution < -0.4 is 10.5 Å². The molecule has 1 aromatic carbocycles. The van der Waals surface area contributed by atoms with Crippen molar-refractivity contribution >= 4 is 23.7 Å². The highest BCUT2D eigenvalue weighted by Gasteiger charge is 2.72. The zero-order valence-electron chi connectivity index (χ0n) is 20.8. The molecule has 1 unspecified atom stereocenters. The molecular formula is C26H34ClN5O3. The second kappa shape index (κ2) is 9.12. The molecule has 1 aliphatic carbocycles. The first-order chi connectivity index (χ1) is 16.5. The second-order valence-electron chi connectivity index (χ2n) is 11.1. The predicted molar refractivity (Wildman–Crippen MR) is 134 cm³/mol. The van der Waals surface area contributed by atoms with Crippen molar-refractivity contribution in [3.05, 3.63) is 40.6 Å². The first-order valence-corrected chi connectivity index (χ1v) is 12.4. The molecule has 188 valence electrons. The van der Waals surface area contributed by atoms with Gasteiger partial charge in [-0.25, -0.2) is 0 Å². The molecule has 1 saturated heterocycles. The smallest absolute Gasteiger partial charge is 0.251 e. The normalized spacial score (nSPS) is 25.3. The summed E-state index contributed by atoms with van der Waals surface area (Å²) < 4.78 is 6.87. The van der Waals surface area contributed by atoms with Crippen LogP contribution in [0.5, 0.6) is 5.75 Å². The molecule has 1 amide bonds. The third kappa shape index (κ3) is 4.20. The van der Waals surface area contributed by atoms with Crippen LogP contribution in [-0.4, -0.2) is 58.7 Å². The van der Waals surface area contributed by atoms with Gasteiger partial charge in [0, 0.05) is 49.0 Å². The lowest BCUT2D eigenvalue weighted by atomic mass is 9.48. The van der Waals surface area contributed by atoms with Crippen LogP contribution in [0.3, 0.4) is 0 Å². The molecule has 3 aliphatic rings. The van der Waals surface area contributed by atoms with Crippen LogP contribution in [0.4, 0.5) is 0 Å². The fraction of sp³-hybridized carbons (Fsp3) is 0.577. The quantitative estimate of drug-likeness (QED) is 0.619. The van der Waals surface area contributed by atoms with Gasteiger partial charge in [0.15, 0.2) is 12.0 Å². The molecule has 2 heterocycles. The lowest BCUT2D eigenvalue weighted by Gasteiger charge is -2.70. The maximum atomic E-state index is 12.2. The highest BCUT2D eigenvalue weighted by Crippen LogP contribution is 2.65. The number of piperidine rings is 1. The average molecular weight is 500 g/mol. The molecule has 4 rings (SSSR count). The summed E-state index contributed by atoms with van der Waals surface area (Å²) in [5, 5.41) is 19.2. The molecule has 0 bridgehead atoms. The van der Waals surface area contributed by atoms with E-state index < -0.39 is 17.9 Å². The van der Waals surface area contributed by atoms with E-state index in [0.29, 0.717) is 21.9 Å². The molecule has 8 nitrogen and oxygen atoms in total. The number of carbonyl (C=O) groups excluding carboxylic acids is 1. The molecule has 0 aromatic heterocycles. The Morgan fingerprint density at radius 1 is 1.29 bits per heavy atom. The van der Waals surface area contributed by atoms with E-state index in [9.17, 15) is 15.2 Å². The van der Waals surface area contributed by atoms with Gasteiger partial charge in [0.25, 0.3) is 5.91 Å². The number of nitrogens with zero attached hydrogens (tertiary/aromatic N) is 4. The van der Waals surface area contributed by atoms with E-state index >= 15 is 0 Å². The Kier molecular flexibility index (Phi) is 6.64. The maximum absolute atomic E-state index is 12.2. The highest BCUT2D eigenvalue weighted by atomic mass is 35.5. The van der Waals surface area contributed by atoms with Crippen molar-refractivity contribution in [3.63, 3.8) is 0 Å². The standard InChI is InChI=1S/C26H34ClN5O3/c1-24(2)16-25(3,4)26(24,35-20-6-5-18(12-28)21(27)11-20)32-14-19(22(29)34)13-30-23(32)31-9-7-17(15-33)8-10-31/h5-6,11,13-14,17,23,33H,7-10,15-16H2,1-4H3,(H2,29,34). The fourth-order valence-corrected chi connectivity index (χ4v) is 6.70. The third-order valence-corrected chi connectivity index (χ3v) is 8.11. The summed E-state index contributed by atoms with van der Waals surface area (Å²) in [5.41, 5.74) is 4.81. The molecule has 2 fully saturated rings. The maximum Gasteiger partial charge on any atom is 0.251 e. The summed E-state index contributed by atoms with van der Waals surface area (Å²) in [4.78, 5) is 21.3. The van der Waals surface area contributed by atoms with Crippen LogP contribution in [0.1, 0.15) is 52.5 Å². The average Bonchev–Trinajstić information content (AvgIpc) is 2.81. The zero-order valence-corrected chi connectivity index (χ0v) is 21.5. The van der Waals surface area contributed by atoms with E-state index in [1.165, 1.54) is 0 Å². The van der Waals surface area contributed by atoms with E-state index in [-0.39, 0.29) is 23.4 Å². The summed E-state index contributed by atoms with van der Waals surface area (Å²) >= 11 is 6.35. The van der Waals surface area contributed by atoms with Gasteiger partial charge < -0.3 is 20.5 Å². The number of aliphatic imine (C=N–C) groups is 1. The van der Waals surface area contributed by atoms with Gasteiger partial charge in [-0.05, 0) is 37.3 Å². The van der Waals surface area contributed by atoms with Gasteiger partial charge >= 0.3 is 0 Å². The summed E-state index contributed by atoms with van der Waals surface area (Å²) in [6.45, 7) is 10.3. The Bertz CT molecular complexity index is 1080. The van der Waals surface area contributed by atoms with Gasteiger partial charge in [-0.3, -0.25) is 14.7 Å². The van der Waals surface area contributed by atoms with Gasteiger partial charge in [0.1, 0.15) is 11.8 Å². The van der Waals surface area contributed by atoms with Crippen molar-refractivity contribution < 1.29 is 14.6 Å². The number of primary amides is 1. The Labute approximate surface area is 212 Å². The van der Waals surface area contributed by atoms with Crippen molar-refractivity contribution in [2.75, 3.05) is 19.7 Å². The number of ether oxygens (including phenoxy) is 1. The van der Waals surface area contributed by atoms with Gasteiger partial charge in [-0.2, -0.15) is 5.26 Å². The Morgan fingerprint density at radius 3 is 2.46 bits per heavy atom. The summed E-state index contributed by atoms with van der Waals surface area (Å²) in [6, 6.07) is 7.16. The number of benzene rings is 1. The Hall–Kier alpha value is -2.60. The van der Waals surface area contributed by atoms with Crippen molar-refractivity contribution in [2.24, 2.45) is 27.5 Å². The number of aliphatic hydroxyl groups is 1. The van der Waals surface area contributed by atoms with Crippen LogP contribution in [-0.2, 0) is 4.79 Å². The number of likely N-dealkylation sites (tertiary alicyclic amines) is 1. The molecule has 1 atom stereocenters. The number of halogens is 1. The zero-order chi connectivity index (χ0) is 25.6. The van der Waals surface area contributed by atoms with Crippen LogP contribution in [0.25, 0.3) is 0 Å². The fourth-order valence-electron chi connectivity index (χ4n) is 6.49. The minimum absolute atomic E-state index is 0.184. The number of aliphatic hydroxyl groups excluding tert-OH is 1. The van der Waals surface area contributed by atoms with Crippen LogP contribution in [0, 0.1) is 28.1 Å². The van der Waals surface area contributed by atoms with Crippen LogP contribution in [0.2, 0.25) is 5.02 Å². The molecule has 1 aromatic rings. The topological polar surface area (TPSA) is 115 Å². The van der Waals surface area contributed by atoms with Crippen molar-refractivity contribution in [2.45, 2.75) is 59.0 Å². The van der Waals surface area contributed by atoms with Gasteiger partial charge in [0.05, 0.1) is 16.2 Å². The Balaban J connectivity index is 1.80. The van der Waals surface area contributed by atoms with Crippen molar-refractivity contribution in [1.82, 2.24) is 9.80 Å². The van der Waals surface area contributed by atoms with Gasteiger partial charge in [-0.1, -0.05) is 39.3 Å². The molecular weight excluding hydrogens is 466 g/mol. The number of hydrogen-bond acceptors (Lipinski definition) is 7. The molecule has 35 heavy (non-hydrogen) atoms. The minimum Gasteiger partial charge on any atom is -0.467 e. The Morgan fingerprint density at radius 2 is 1.94 bits per heavy atom. The minimum atomic E-state index is -0.894. The van der Waals surface area contributed by atoms with E-state index in [1.54, 1.807) is 30.6 Å². The summed E-state index contributed by atoms with van der Waals surface area (Å²) in [6.07, 6.45) is 5.55.